The fourth-order valence-electron chi connectivity index (χ4n) is 4.11. The van der Waals surface area contributed by atoms with Crippen molar-refractivity contribution in [3.05, 3.63) is 57.6 Å². The molecule has 0 aliphatic heterocycles. The Balaban J connectivity index is 2.23. The zero-order valence-electron chi connectivity index (χ0n) is 20.0. The van der Waals surface area contributed by atoms with Crippen molar-refractivity contribution in [2.75, 3.05) is 26.2 Å². The van der Waals surface area contributed by atoms with Crippen molar-refractivity contribution in [3.8, 4) is 11.5 Å². The molecule has 9 heteroatoms. The monoisotopic (exact) mass is 473 g/mol. The Labute approximate surface area is 200 Å². The summed E-state index contributed by atoms with van der Waals surface area (Å²) in [7, 11) is 0. The summed E-state index contributed by atoms with van der Waals surface area (Å²) in [6.45, 7) is 6.23. The van der Waals surface area contributed by atoms with Crippen LogP contribution in [-0.4, -0.2) is 68.3 Å². The van der Waals surface area contributed by atoms with Crippen molar-refractivity contribution in [1.29, 1.82) is 0 Å². The largest absolute Gasteiger partial charge is 0.507 e. The molecular weight excluding hydrogens is 438 g/mol. The minimum absolute atomic E-state index is 0.0441. The number of phenols is 2. The van der Waals surface area contributed by atoms with Gasteiger partial charge in [-0.3, -0.25) is 19.4 Å². The average molecular weight is 474 g/mol. The first-order chi connectivity index (χ1) is 16.0. The molecule has 2 rings (SSSR count). The molecule has 6 N–H and O–H groups in total. The second kappa shape index (κ2) is 12.4. The van der Waals surface area contributed by atoms with Crippen molar-refractivity contribution in [3.63, 3.8) is 0 Å². The van der Waals surface area contributed by atoms with Gasteiger partial charge < -0.3 is 26.2 Å². The van der Waals surface area contributed by atoms with Gasteiger partial charge in [0.2, 0.25) is 0 Å². The molecule has 34 heavy (non-hydrogen) atoms. The molecule has 0 saturated heterocycles. The van der Waals surface area contributed by atoms with Crippen LogP contribution >= 0.6 is 0 Å². The van der Waals surface area contributed by atoms with Gasteiger partial charge in [0.05, 0.1) is 13.1 Å². The number of nitrogens with two attached hydrogens (primary N) is 1. The van der Waals surface area contributed by atoms with Crippen molar-refractivity contribution >= 4 is 11.9 Å². The minimum atomic E-state index is -1.03. The van der Waals surface area contributed by atoms with E-state index < -0.39 is 11.9 Å². The van der Waals surface area contributed by atoms with Crippen LogP contribution < -0.4 is 5.73 Å². The average Bonchev–Trinajstić information content (AvgIpc) is 2.75. The molecule has 0 spiro atoms. The van der Waals surface area contributed by atoms with Gasteiger partial charge in [0, 0.05) is 49.4 Å². The Morgan fingerprint density at radius 1 is 0.765 bits per heavy atom. The van der Waals surface area contributed by atoms with E-state index in [-0.39, 0.29) is 57.3 Å². The van der Waals surface area contributed by atoms with Gasteiger partial charge in [-0.15, -0.1) is 0 Å². The number of aliphatic carboxylic acids is 2. The lowest BCUT2D eigenvalue weighted by atomic mass is 10.0. The molecule has 2 aromatic carbocycles. The van der Waals surface area contributed by atoms with Gasteiger partial charge in [-0.05, 0) is 25.8 Å². The number of hydrogen-bond acceptors (Lipinski definition) is 7. The van der Waals surface area contributed by atoms with Crippen LogP contribution in [0.2, 0.25) is 0 Å². The molecule has 0 atom stereocenters. The van der Waals surface area contributed by atoms with E-state index in [1.807, 2.05) is 32.9 Å². The van der Waals surface area contributed by atoms with Gasteiger partial charge in [-0.2, -0.15) is 0 Å². The van der Waals surface area contributed by atoms with Crippen LogP contribution in [0.25, 0.3) is 0 Å². The number of aryl methyl sites for hydroxylation is 3. The molecule has 0 fully saturated rings. The van der Waals surface area contributed by atoms with Crippen molar-refractivity contribution in [2.24, 2.45) is 5.73 Å². The van der Waals surface area contributed by atoms with Gasteiger partial charge in [0.15, 0.2) is 0 Å². The Bertz CT molecular complexity index is 943. The summed E-state index contributed by atoms with van der Waals surface area (Å²) in [6.07, 6.45) is 0.649. The van der Waals surface area contributed by atoms with E-state index >= 15 is 0 Å². The lowest BCUT2D eigenvalue weighted by Gasteiger charge is -2.27. The van der Waals surface area contributed by atoms with Crippen LogP contribution in [0, 0.1) is 13.8 Å². The molecule has 0 aromatic heterocycles. The standard InChI is InChI=1S/C25H35N3O6/c1-4-18-7-16(2)9-20(24(18)33)12-27(14-22(29)30)5-6-28(15-23(31)32)13-21-10-17(3)8-19(11-26)25(21)34/h7-10,33-34H,4-6,11-15,26H2,1-3H3,(H,29,30)(H,31,32). The van der Waals surface area contributed by atoms with E-state index in [2.05, 4.69) is 0 Å². The fourth-order valence-corrected chi connectivity index (χ4v) is 4.11. The highest BCUT2D eigenvalue weighted by atomic mass is 16.4. The zero-order chi connectivity index (χ0) is 25.4. The van der Waals surface area contributed by atoms with Crippen LogP contribution in [0.4, 0.5) is 0 Å². The van der Waals surface area contributed by atoms with Crippen molar-refractivity contribution in [2.45, 2.75) is 46.8 Å². The fraction of sp³-hybridized carbons (Fsp3) is 0.440. The number of hydrogen-bond donors (Lipinski definition) is 5. The highest BCUT2D eigenvalue weighted by molar-refractivity contribution is 5.69. The molecule has 186 valence electrons. The summed E-state index contributed by atoms with van der Waals surface area (Å²) >= 11 is 0. The van der Waals surface area contributed by atoms with Crippen LogP contribution in [-0.2, 0) is 35.6 Å². The highest BCUT2D eigenvalue weighted by Crippen LogP contribution is 2.27. The van der Waals surface area contributed by atoms with Crippen LogP contribution in [0.15, 0.2) is 24.3 Å². The summed E-state index contributed by atoms with van der Waals surface area (Å²) in [5.41, 5.74) is 10.2. The molecule has 0 aliphatic rings. The normalized spacial score (nSPS) is 11.4. The molecule has 0 saturated carbocycles. The van der Waals surface area contributed by atoms with E-state index in [4.69, 9.17) is 5.73 Å². The predicted octanol–water partition coefficient (Wildman–Crippen LogP) is 2.21. The zero-order valence-corrected chi connectivity index (χ0v) is 20.0. The predicted molar refractivity (Wildman–Crippen MR) is 129 cm³/mol. The molecular formula is C25H35N3O6. The van der Waals surface area contributed by atoms with Crippen LogP contribution in [0.5, 0.6) is 11.5 Å². The van der Waals surface area contributed by atoms with E-state index in [0.29, 0.717) is 23.1 Å². The number of aromatic hydroxyl groups is 2. The first-order valence-electron chi connectivity index (χ1n) is 11.2. The quantitative estimate of drug-likeness (QED) is 0.295. The van der Waals surface area contributed by atoms with Gasteiger partial charge >= 0.3 is 11.9 Å². The summed E-state index contributed by atoms with van der Waals surface area (Å²) in [5.74, 6) is -1.84. The van der Waals surface area contributed by atoms with Crippen molar-refractivity contribution in [1.82, 2.24) is 9.80 Å². The molecule has 0 aliphatic carbocycles. The third-order valence-electron chi connectivity index (χ3n) is 5.66. The third kappa shape index (κ3) is 7.72. The van der Waals surface area contributed by atoms with E-state index in [0.717, 1.165) is 16.7 Å². The maximum Gasteiger partial charge on any atom is 0.317 e. The molecule has 0 amide bonds. The molecule has 0 heterocycles. The summed E-state index contributed by atoms with van der Waals surface area (Å²) in [6, 6.07) is 7.31. The number of carboxylic acids is 2. The lowest BCUT2D eigenvalue weighted by Crippen LogP contribution is -2.39. The third-order valence-corrected chi connectivity index (χ3v) is 5.66. The van der Waals surface area contributed by atoms with Crippen LogP contribution in [0.1, 0.15) is 40.3 Å². The number of phenolic OH excluding ortho intramolecular Hbond substituents is 2. The molecule has 0 radical (unpaired) electrons. The molecule has 9 nitrogen and oxygen atoms in total. The number of benzene rings is 2. The number of rotatable bonds is 13. The minimum Gasteiger partial charge on any atom is -0.507 e. The van der Waals surface area contributed by atoms with E-state index in [1.165, 1.54) is 0 Å². The smallest absolute Gasteiger partial charge is 0.317 e. The summed E-state index contributed by atoms with van der Waals surface area (Å²) < 4.78 is 0. The van der Waals surface area contributed by atoms with E-state index in [1.54, 1.807) is 21.9 Å². The topological polar surface area (TPSA) is 148 Å². The second-order valence-electron chi connectivity index (χ2n) is 8.63. The first-order valence-corrected chi connectivity index (χ1v) is 11.2. The highest BCUT2D eigenvalue weighted by Gasteiger charge is 2.19. The Kier molecular flexibility index (Phi) is 9.85. The first kappa shape index (κ1) is 27.1. The van der Waals surface area contributed by atoms with Gasteiger partial charge in [-0.25, -0.2) is 0 Å². The lowest BCUT2D eigenvalue weighted by molar-refractivity contribution is -0.140. The number of carboxylic acid groups (broad SMARTS) is 2. The van der Waals surface area contributed by atoms with Crippen molar-refractivity contribution < 1.29 is 30.0 Å². The second-order valence-corrected chi connectivity index (χ2v) is 8.63. The van der Waals surface area contributed by atoms with Gasteiger partial charge in [-0.1, -0.05) is 42.3 Å². The van der Waals surface area contributed by atoms with Gasteiger partial charge in [0.25, 0.3) is 0 Å². The molecule has 0 unspecified atom stereocenters. The van der Waals surface area contributed by atoms with Crippen LogP contribution in [0.3, 0.4) is 0 Å². The molecule has 0 bridgehead atoms. The Morgan fingerprint density at radius 3 is 1.53 bits per heavy atom. The molecule has 2 aromatic rings. The maximum atomic E-state index is 11.5. The maximum absolute atomic E-state index is 11.5. The Hall–Kier alpha value is -3.14. The van der Waals surface area contributed by atoms with Gasteiger partial charge in [0.1, 0.15) is 11.5 Å². The Morgan fingerprint density at radius 2 is 1.15 bits per heavy atom. The summed E-state index contributed by atoms with van der Waals surface area (Å²) in [4.78, 5) is 26.3. The SMILES string of the molecule is CCc1cc(C)cc(CN(CCN(CC(=O)O)Cc2cc(C)cc(CN)c2O)CC(=O)O)c1O. The number of carbonyl (C=O) groups is 2. The summed E-state index contributed by atoms with van der Waals surface area (Å²) in [5, 5.41) is 39.9. The van der Waals surface area contributed by atoms with E-state index in [9.17, 15) is 30.0 Å². The number of nitrogens with zero attached hydrogens (tertiary/aromatic N) is 2.